The van der Waals surface area contributed by atoms with Gasteiger partial charge in [0.25, 0.3) is 5.91 Å². The van der Waals surface area contributed by atoms with E-state index < -0.39 is 11.9 Å². The maximum absolute atomic E-state index is 12.5. The second-order valence-corrected chi connectivity index (χ2v) is 5.47. The molecule has 118 valence electrons. The van der Waals surface area contributed by atoms with E-state index in [9.17, 15) is 9.59 Å². The molecule has 0 saturated carbocycles. The Morgan fingerprint density at radius 1 is 1.17 bits per heavy atom. The molecule has 0 aliphatic carbocycles. The SMILES string of the molecule is NC(=O)[C@@H]1CCCN1C(=O)c1ccc(-c2cncc(N)n2)cc1. The summed E-state index contributed by atoms with van der Waals surface area (Å²) in [6.45, 7) is 0.550. The third-order valence-electron chi connectivity index (χ3n) is 3.92. The molecule has 7 nitrogen and oxygen atoms in total. The zero-order chi connectivity index (χ0) is 16.4. The van der Waals surface area contributed by atoms with Crippen LogP contribution in [-0.2, 0) is 4.79 Å². The summed E-state index contributed by atoms with van der Waals surface area (Å²) in [6.07, 6.45) is 4.49. The van der Waals surface area contributed by atoms with E-state index in [4.69, 9.17) is 11.5 Å². The second kappa shape index (κ2) is 6.04. The lowest BCUT2D eigenvalue weighted by atomic mass is 10.1. The molecule has 1 aliphatic rings. The van der Waals surface area contributed by atoms with Crippen molar-refractivity contribution in [2.75, 3.05) is 12.3 Å². The molecular weight excluding hydrogens is 294 g/mol. The third kappa shape index (κ3) is 2.98. The number of amides is 2. The second-order valence-electron chi connectivity index (χ2n) is 5.47. The van der Waals surface area contributed by atoms with Crippen LogP contribution in [0.1, 0.15) is 23.2 Å². The topological polar surface area (TPSA) is 115 Å². The highest BCUT2D eigenvalue weighted by molar-refractivity contribution is 5.98. The molecule has 1 aliphatic heterocycles. The minimum absolute atomic E-state index is 0.184. The van der Waals surface area contributed by atoms with Gasteiger partial charge in [-0.05, 0) is 25.0 Å². The Morgan fingerprint density at radius 3 is 2.57 bits per heavy atom. The molecule has 1 aromatic heterocycles. The van der Waals surface area contributed by atoms with Crippen LogP contribution in [0.5, 0.6) is 0 Å². The van der Waals surface area contributed by atoms with E-state index in [2.05, 4.69) is 9.97 Å². The number of rotatable bonds is 3. The summed E-state index contributed by atoms with van der Waals surface area (Å²) in [7, 11) is 0. The molecule has 0 unspecified atom stereocenters. The predicted molar refractivity (Wildman–Crippen MR) is 85.1 cm³/mol. The Hall–Kier alpha value is -2.96. The number of likely N-dealkylation sites (tertiary alicyclic amines) is 1. The summed E-state index contributed by atoms with van der Waals surface area (Å²) in [5.74, 6) is -0.303. The van der Waals surface area contributed by atoms with E-state index in [1.54, 1.807) is 30.5 Å². The van der Waals surface area contributed by atoms with Crippen molar-refractivity contribution >= 4 is 17.6 Å². The zero-order valence-electron chi connectivity index (χ0n) is 12.5. The average Bonchev–Trinajstić information content (AvgIpc) is 3.04. The number of anilines is 1. The van der Waals surface area contributed by atoms with Crippen LogP contribution in [0.4, 0.5) is 5.82 Å². The summed E-state index contributed by atoms with van der Waals surface area (Å²) in [6, 6.07) is 6.47. The van der Waals surface area contributed by atoms with Gasteiger partial charge in [0.15, 0.2) is 0 Å². The minimum Gasteiger partial charge on any atom is -0.382 e. The van der Waals surface area contributed by atoms with Gasteiger partial charge in [0.1, 0.15) is 11.9 Å². The maximum atomic E-state index is 12.5. The van der Waals surface area contributed by atoms with Gasteiger partial charge < -0.3 is 16.4 Å². The molecule has 1 atom stereocenters. The molecule has 1 aromatic carbocycles. The molecular formula is C16H17N5O2. The number of hydrogen-bond donors (Lipinski definition) is 2. The number of carbonyl (C=O) groups excluding carboxylic acids is 2. The number of nitrogens with zero attached hydrogens (tertiary/aromatic N) is 3. The van der Waals surface area contributed by atoms with Crippen molar-refractivity contribution in [3.63, 3.8) is 0 Å². The van der Waals surface area contributed by atoms with Crippen molar-refractivity contribution in [3.8, 4) is 11.3 Å². The van der Waals surface area contributed by atoms with Crippen LogP contribution < -0.4 is 11.5 Å². The minimum atomic E-state index is -0.512. The molecule has 0 radical (unpaired) electrons. The highest BCUT2D eigenvalue weighted by atomic mass is 16.2. The van der Waals surface area contributed by atoms with Crippen LogP contribution in [0, 0.1) is 0 Å². The van der Waals surface area contributed by atoms with Gasteiger partial charge in [-0.3, -0.25) is 14.6 Å². The van der Waals surface area contributed by atoms with E-state index in [0.29, 0.717) is 30.0 Å². The largest absolute Gasteiger partial charge is 0.382 e. The first-order chi connectivity index (χ1) is 11.1. The van der Waals surface area contributed by atoms with Crippen LogP contribution >= 0.6 is 0 Å². The number of carbonyl (C=O) groups is 2. The first-order valence-electron chi connectivity index (χ1n) is 7.34. The van der Waals surface area contributed by atoms with Crippen molar-refractivity contribution < 1.29 is 9.59 Å². The smallest absolute Gasteiger partial charge is 0.254 e. The normalized spacial score (nSPS) is 17.2. The highest BCUT2D eigenvalue weighted by Gasteiger charge is 2.33. The van der Waals surface area contributed by atoms with Crippen LogP contribution in [-0.4, -0.2) is 39.3 Å². The van der Waals surface area contributed by atoms with Crippen molar-refractivity contribution in [3.05, 3.63) is 42.2 Å². The molecule has 0 bridgehead atoms. The Labute approximate surface area is 133 Å². The average molecular weight is 311 g/mol. The monoisotopic (exact) mass is 311 g/mol. The Kier molecular flexibility index (Phi) is 3.92. The quantitative estimate of drug-likeness (QED) is 0.870. The molecule has 3 rings (SSSR count). The first-order valence-corrected chi connectivity index (χ1v) is 7.34. The molecule has 2 aromatic rings. The van der Waals surface area contributed by atoms with E-state index >= 15 is 0 Å². The standard InChI is InChI=1S/C16H17N5O2/c17-14-9-19-8-12(20-14)10-3-5-11(6-4-10)16(23)21-7-1-2-13(21)15(18)22/h3-6,8-9,13H,1-2,7H2,(H2,17,20)(H2,18,22)/t13-/m0/s1. The van der Waals surface area contributed by atoms with E-state index in [1.807, 2.05) is 0 Å². The number of nitrogen functional groups attached to an aromatic ring is 1. The number of primary amides is 1. The summed E-state index contributed by atoms with van der Waals surface area (Å²) in [4.78, 5) is 33.7. The van der Waals surface area contributed by atoms with Crippen LogP contribution in [0.25, 0.3) is 11.3 Å². The highest BCUT2D eigenvalue weighted by Crippen LogP contribution is 2.22. The molecule has 23 heavy (non-hydrogen) atoms. The third-order valence-corrected chi connectivity index (χ3v) is 3.92. The van der Waals surface area contributed by atoms with Crippen molar-refractivity contribution in [1.29, 1.82) is 0 Å². The Balaban J connectivity index is 1.82. The van der Waals surface area contributed by atoms with Gasteiger partial charge in [-0.1, -0.05) is 12.1 Å². The molecule has 7 heteroatoms. The molecule has 4 N–H and O–H groups in total. The van der Waals surface area contributed by atoms with E-state index in [1.165, 1.54) is 11.1 Å². The Bertz CT molecular complexity index is 744. The van der Waals surface area contributed by atoms with Crippen molar-refractivity contribution in [2.45, 2.75) is 18.9 Å². The van der Waals surface area contributed by atoms with Gasteiger partial charge in [0, 0.05) is 17.7 Å². The number of benzene rings is 1. The molecule has 0 spiro atoms. The van der Waals surface area contributed by atoms with Crippen molar-refractivity contribution in [2.24, 2.45) is 5.73 Å². The van der Waals surface area contributed by atoms with Gasteiger partial charge >= 0.3 is 0 Å². The van der Waals surface area contributed by atoms with Gasteiger partial charge in [-0.2, -0.15) is 0 Å². The summed E-state index contributed by atoms with van der Waals surface area (Å²) >= 11 is 0. The summed E-state index contributed by atoms with van der Waals surface area (Å²) in [5, 5.41) is 0. The molecule has 1 fully saturated rings. The fraction of sp³-hybridized carbons (Fsp3) is 0.250. The van der Waals surface area contributed by atoms with Gasteiger partial charge in [0.2, 0.25) is 5.91 Å². The molecule has 2 amide bonds. The fourth-order valence-electron chi connectivity index (χ4n) is 2.78. The molecule has 1 saturated heterocycles. The van der Waals surface area contributed by atoms with E-state index in [-0.39, 0.29) is 5.91 Å². The summed E-state index contributed by atoms with van der Waals surface area (Å²) in [5.41, 5.74) is 12.9. The lowest BCUT2D eigenvalue weighted by molar-refractivity contribution is -0.121. The Morgan fingerprint density at radius 2 is 1.91 bits per heavy atom. The molecule has 2 heterocycles. The lowest BCUT2D eigenvalue weighted by Gasteiger charge is -2.22. The van der Waals surface area contributed by atoms with Crippen molar-refractivity contribution in [1.82, 2.24) is 14.9 Å². The number of nitrogens with two attached hydrogens (primary N) is 2. The predicted octanol–water partition coefficient (Wildman–Crippen LogP) is 0.816. The zero-order valence-corrected chi connectivity index (χ0v) is 12.5. The lowest BCUT2D eigenvalue weighted by Crippen LogP contribution is -2.43. The number of aromatic nitrogens is 2. The van der Waals surface area contributed by atoms with Crippen LogP contribution in [0.2, 0.25) is 0 Å². The number of hydrogen-bond acceptors (Lipinski definition) is 5. The van der Waals surface area contributed by atoms with Crippen LogP contribution in [0.15, 0.2) is 36.7 Å². The van der Waals surface area contributed by atoms with E-state index in [0.717, 1.165) is 12.0 Å². The summed E-state index contributed by atoms with van der Waals surface area (Å²) < 4.78 is 0. The fourth-order valence-corrected chi connectivity index (χ4v) is 2.78. The maximum Gasteiger partial charge on any atom is 0.254 e. The van der Waals surface area contributed by atoms with Gasteiger partial charge in [-0.15, -0.1) is 0 Å². The van der Waals surface area contributed by atoms with Gasteiger partial charge in [-0.25, -0.2) is 4.98 Å². The first kappa shape index (κ1) is 15.0. The van der Waals surface area contributed by atoms with Gasteiger partial charge in [0.05, 0.1) is 18.1 Å². The van der Waals surface area contributed by atoms with Crippen LogP contribution in [0.3, 0.4) is 0 Å².